The van der Waals surface area contributed by atoms with Crippen LogP contribution in [-0.2, 0) is 15.4 Å². The van der Waals surface area contributed by atoms with Crippen LogP contribution in [-0.4, -0.2) is 33.9 Å². The molecule has 2 aliphatic heterocycles. The van der Waals surface area contributed by atoms with Crippen LogP contribution >= 0.6 is 0 Å². The molecule has 9 heteroatoms. The highest BCUT2D eigenvalue weighted by molar-refractivity contribution is 6.46. The van der Waals surface area contributed by atoms with Crippen LogP contribution in [0.2, 0.25) is 0 Å². The number of nitrogens with one attached hydrogen (secondary N) is 1. The second-order valence-corrected chi connectivity index (χ2v) is 8.68. The maximum Gasteiger partial charge on any atom is 0.268 e. The number of hydrogen-bond donors (Lipinski definition) is 3. The number of aliphatic hydroxyl groups is 1. The molecule has 33 heavy (non-hydrogen) atoms. The average molecular weight is 454 g/mol. The Morgan fingerprint density at radius 2 is 1.94 bits per heavy atom. The number of aliphatic imine (C=N–C) groups is 1. The molecule has 4 unspecified atom stereocenters. The fourth-order valence-corrected chi connectivity index (χ4v) is 5.17. The van der Waals surface area contributed by atoms with Crippen molar-refractivity contribution in [3.8, 4) is 0 Å². The summed E-state index contributed by atoms with van der Waals surface area (Å²) >= 11 is 0. The van der Waals surface area contributed by atoms with Crippen LogP contribution in [0.15, 0.2) is 53.3 Å². The minimum absolute atomic E-state index is 0.0605. The maximum absolute atomic E-state index is 14.7. The number of carbonyl (C=O) groups is 1. The van der Waals surface area contributed by atoms with E-state index in [-0.39, 0.29) is 17.5 Å². The lowest BCUT2D eigenvalue weighted by molar-refractivity contribution is -0.112. The highest BCUT2D eigenvalue weighted by atomic mass is 19.1. The van der Waals surface area contributed by atoms with Gasteiger partial charge < -0.3 is 20.9 Å². The summed E-state index contributed by atoms with van der Waals surface area (Å²) in [5.74, 6) is -5.10. The molecule has 5 rings (SSSR count). The van der Waals surface area contributed by atoms with Gasteiger partial charge in [-0.1, -0.05) is 12.5 Å². The van der Waals surface area contributed by atoms with Crippen molar-refractivity contribution < 1.29 is 23.4 Å². The number of rotatable bonds is 4. The fourth-order valence-electron chi connectivity index (χ4n) is 5.17. The summed E-state index contributed by atoms with van der Waals surface area (Å²) in [6.45, 7) is 0. The van der Waals surface area contributed by atoms with E-state index in [4.69, 9.17) is 10.5 Å². The highest BCUT2D eigenvalue weighted by Gasteiger charge is 2.45. The van der Waals surface area contributed by atoms with Gasteiger partial charge in [-0.25, -0.2) is 13.8 Å². The van der Waals surface area contributed by atoms with E-state index >= 15 is 0 Å². The molecule has 3 heterocycles. The number of halogens is 2. The van der Waals surface area contributed by atoms with Gasteiger partial charge in [-0.05, 0) is 55.9 Å². The van der Waals surface area contributed by atoms with Crippen molar-refractivity contribution in [1.29, 1.82) is 0 Å². The van der Waals surface area contributed by atoms with Crippen molar-refractivity contribution in [2.24, 2.45) is 16.6 Å². The topological polar surface area (TPSA) is 110 Å². The van der Waals surface area contributed by atoms with E-state index in [0.717, 1.165) is 37.8 Å². The summed E-state index contributed by atoms with van der Waals surface area (Å²) < 4.78 is 35.7. The Morgan fingerprint density at radius 1 is 1.15 bits per heavy atom. The molecule has 4 atom stereocenters. The van der Waals surface area contributed by atoms with E-state index in [1.54, 1.807) is 18.3 Å². The van der Waals surface area contributed by atoms with E-state index < -0.39 is 35.1 Å². The molecule has 1 amide bonds. The zero-order chi connectivity index (χ0) is 23.2. The molecule has 1 aliphatic carbocycles. The quantitative estimate of drug-likeness (QED) is 0.658. The summed E-state index contributed by atoms with van der Waals surface area (Å²) in [5.41, 5.74) is 5.78. The van der Waals surface area contributed by atoms with Gasteiger partial charge >= 0.3 is 0 Å². The number of nitrogens with zero attached hydrogens (tertiary/aromatic N) is 2. The summed E-state index contributed by atoms with van der Waals surface area (Å²) in [6, 6.07) is 6.57. The third-order valence-electron chi connectivity index (χ3n) is 6.64. The summed E-state index contributed by atoms with van der Waals surface area (Å²) in [5, 5.41) is 14.1. The van der Waals surface area contributed by atoms with Crippen LogP contribution in [0.4, 0.5) is 8.78 Å². The predicted molar refractivity (Wildman–Crippen MR) is 116 cm³/mol. The Kier molecular flexibility index (Phi) is 5.46. The van der Waals surface area contributed by atoms with Gasteiger partial charge in [0.1, 0.15) is 17.3 Å². The van der Waals surface area contributed by atoms with Gasteiger partial charge in [-0.2, -0.15) is 0 Å². The lowest BCUT2D eigenvalue weighted by Crippen LogP contribution is -2.50. The lowest BCUT2D eigenvalue weighted by Gasteiger charge is -2.39. The van der Waals surface area contributed by atoms with Crippen LogP contribution in [0, 0.1) is 17.6 Å². The maximum atomic E-state index is 14.7. The van der Waals surface area contributed by atoms with E-state index in [9.17, 15) is 18.7 Å². The number of aromatic nitrogens is 1. The number of fused-ring (bicyclic) bond motifs is 1. The van der Waals surface area contributed by atoms with E-state index in [2.05, 4.69) is 15.3 Å². The third kappa shape index (κ3) is 3.81. The molecule has 3 aliphatic rings. The molecular formula is C24H24F2N4O3. The Labute approximate surface area is 189 Å². The van der Waals surface area contributed by atoms with Crippen LogP contribution in [0.25, 0.3) is 5.70 Å². The molecule has 0 radical (unpaired) electrons. The average Bonchev–Trinajstić information content (AvgIpc) is 3.27. The monoisotopic (exact) mass is 454 g/mol. The van der Waals surface area contributed by atoms with Crippen molar-refractivity contribution in [1.82, 2.24) is 10.3 Å². The van der Waals surface area contributed by atoms with Gasteiger partial charge in [0.05, 0.1) is 23.5 Å². The Bertz CT molecular complexity index is 1130. The molecule has 0 spiro atoms. The summed E-state index contributed by atoms with van der Waals surface area (Å²) in [7, 11) is 0. The molecule has 4 N–H and O–H groups in total. The van der Waals surface area contributed by atoms with Gasteiger partial charge in [0.25, 0.3) is 11.8 Å². The zero-order valence-corrected chi connectivity index (χ0v) is 17.8. The van der Waals surface area contributed by atoms with Gasteiger partial charge in [-0.3, -0.25) is 9.78 Å². The molecule has 172 valence electrons. The number of primary amides is 1. The molecule has 2 fully saturated rings. The molecule has 1 saturated carbocycles. The number of hydrogen-bond acceptors (Lipinski definition) is 6. The number of carbonyl (C=O) groups excluding carboxylic acids is 1. The Balaban J connectivity index is 1.68. The third-order valence-corrected chi connectivity index (χ3v) is 6.64. The van der Waals surface area contributed by atoms with Gasteiger partial charge in [0.2, 0.25) is 0 Å². The van der Waals surface area contributed by atoms with Crippen molar-refractivity contribution in [3.63, 3.8) is 0 Å². The molecule has 7 nitrogen and oxygen atoms in total. The number of benzene rings is 1. The second-order valence-electron chi connectivity index (χ2n) is 8.68. The van der Waals surface area contributed by atoms with Crippen molar-refractivity contribution in [2.45, 2.75) is 50.2 Å². The second kappa shape index (κ2) is 8.31. The van der Waals surface area contributed by atoms with Crippen LogP contribution in [0.1, 0.15) is 43.2 Å². The fraction of sp³-hybridized carbons (Fsp3) is 0.375. The highest BCUT2D eigenvalue weighted by Crippen LogP contribution is 2.42. The van der Waals surface area contributed by atoms with E-state index in [1.165, 1.54) is 12.3 Å². The Hall–Kier alpha value is -3.17. The number of nitrogens with two attached hydrogens (primary N) is 1. The first kappa shape index (κ1) is 21.7. The van der Waals surface area contributed by atoms with Gasteiger partial charge in [0, 0.05) is 23.5 Å². The molecule has 2 aromatic rings. The smallest absolute Gasteiger partial charge is 0.268 e. The standard InChI is InChI=1S/C24H24F2N4O3/c25-15-6-2-7-16(26)20(15)24(32)29-21(14-5-3-11-28-12-14)19(22(30-24)23(27)31)18-10-9-13-4-1-8-17(13)33-18/h2-3,5-7,11-13,17-18,29,32H,1,4,8-10H2,(H2,27,31). The molecule has 1 aromatic carbocycles. The summed E-state index contributed by atoms with van der Waals surface area (Å²) in [4.78, 5) is 20.7. The Morgan fingerprint density at radius 3 is 2.64 bits per heavy atom. The first-order valence-electron chi connectivity index (χ1n) is 11.0. The predicted octanol–water partition coefficient (Wildman–Crippen LogP) is 2.75. The van der Waals surface area contributed by atoms with Crippen LogP contribution in [0.3, 0.4) is 0 Å². The lowest BCUT2D eigenvalue weighted by atomic mass is 9.86. The minimum atomic E-state index is -2.60. The largest absolute Gasteiger partial charge is 0.370 e. The molecule has 0 bridgehead atoms. The minimum Gasteiger partial charge on any atom is -0.370 e. The van der Waals surface area contributed by atoms with E-state index in [0.29, 0.717) is 23.5 Å². The SMILES string of the molecule is NC(=O)C1=NC(O)(c2c(F)cccc2F)NC(c2cccnc2)=C1C1CCC2CCCC2O1. The van der Waals surface area contributed by atoms with E-state index in [1.807, 2.05) is 0 Å². The zero-order valence-electron chi connectivity index (χ0n) is 17.8. The summed E-state index contributed by atoms with van der Waals surface area (Å²) in [6.07, 6.45) is 7.28. The van der Waals surface area contributed by atoms with Crippen LogP contribution in [0.5, 0.6) is 0 Å². The molecule has 1 saturated heterocycles. The first-order valence-corrected chi connectivity index (χ1v) is 11.0. The number of amides is 1. The van der Waals surface area contributed by atoms with Crippen LogP contribution < -0.4 is 11.1 Å². The van der Waals surface area contributed by atoms with Crippen molar-refractivity contribution in [2.75, 3.05) is 0 Å². The number of ether oxygens (including phenoxy) is 1. The van der Waals surface area contributed by atoms with Crippen molar-refractivity contribution in [3.05, 3.63) is 71.1 Å². The molecule has 1 aromatic heterocycles. The van der Waals surface area contributed by atoms with Gasteiger partial charge in [0.15, 0.2) is 0 Å². The first-order chi connectivity index (χ1) is 15.9. The van der Waals surface area contributed by atoms with Crippen molar-refractivity contribution >= 4 is 17.3 Å². The molecular weight excluding hydrogens is 430 g/mol. The normalized spacial score (nSPS) is 29.3. The number of pyridine rings is 1. The van der Waals surface area contributed by atoms with Gasteiger partial charge in [-0.15, -0.1) is 0 Å².